The van der Waals surface area contributed by atoms with Crippen molar-refractivity contribution in [2.24, 2.45) is 0 Å². The molecule has 140 valence electrons. The molecule has 0 radical (unpaired) electrons. The fraction of sp³-hybridized carbons (Fsp3) is 0.188. The lowest BCUT2D eigenvalue weighted by Gasteiger charge is -2.29. The van der Waals surface area contributed by atoms with E-state index in [-0.39, 0.29) is 31.4 Å². The summed E-state index contributed by atoms with van der Waals surface area (Å²) in [7, 11) is -2.88. The van der Waals surface area contributed by atoms with Crippen molar-refractivity contribution < 1.29 is 17.9 Å². The van der Waals surface area contributed by atoms with Crippen LogP contribution in [-0.2, 0) is 14.8 Å². The van der Waals surface area contributed by atoms with Crippen molar-refractivity contribution in [3.63, 3.8) is 0 Å². The summed E-state index contributed by atoms with van der Waals surface area (Å²) in [5.74, 6) is 0.197. The summed E-state index contributed by atoms with van der Waals surface area (Å²) in [5, 5.41) is -0.380. The molecule has 26 heavy (non-hydrogen) atoms. The smallest absolute Gasteiger partial charge is 0.265 e. The molecule has 0 fully saturated rings. The number of methoxy groups -OCH3 is 1. The average Bonchev–Trinajstić information content (AvgIpc) is 2.57. The molecule has 0 heterocycles. The molecule has 10 heteroatoms. The molecule has 0 aliphatic carbocycles. The first-order valence-electron chi connectivity index (χ1n) is 7.12. The summed E-state index contributed by atoms with van der Waals surface area (Å²) in [6, 6.07) is 6.96. The number of hydrogen-bond acceptors (Lipinski definition) is 4. The summed E-state index contributed by atoms with van der Waals surface area (Å²) < 4.78 is 32.5. The highest BCUT2D eigenvalue weighted by Crippen LogP contribution is 2.37. The predicted molar refractivity (Wildman–Crippen MR) is 104 cm³/mol. The summed E-state index contributed by atoms with van der Waals surface area (Å²) in [6.07, 6.45) is 0. The molecule has 5 nitrogen and oxygen atoms in total. The summed E-state index contributed by atoms with van der Waals surface area (Å²) in [6.45, 7) is 1.35. The second-order valence-corrected chi connectivity index (χ2v) is 8.61. The van der Waals surface area contributed by atoms with Crippen LogP contribution in [-0.4, -0.2) is 26.8 Å². The van der Waals surface area contributed by atoms with Gasteiger partial charge in [0.1, 0.15) is 11.8 Å². The van der Waals surface area contributed by atoms with E-state index in [0.717, 1.165) is 4.31 Å². The van der Waals surface area contributed by atoms with Crippen LogP contribution in [0.3, 0.4) is 0 Å². The zero-order valence-corrected chi connectivity index (χ0v) is 17.4. The van der Waals surface area contributed by atoms with Crippen LogP contribution in [0.25, 0.3) is 0 Å². The minimum atomic E-state index is -4.24. The normalized spacial score (nSPS) is 12.5. The number of nitrogens with zero attached hydrogens (tertiary/aromatic N) is 1. The van der Waals surface area contributed by atoms with Crippen molar-refractivity contribution in [2.75, 3.05) is 11.4 Å². The highest BCUT2D eigenvalue weighted by molar-refractivity contribution is 7.93. The van der Waals surface area contributed by atoms with E-state index in [1.54, 1.807) is 0 Å². The minimum Gasteiger partial charge on any atom is -0.495 e. The van der Waals surface area contributed by atoms with Gasteiger partial charge in [0.05, 0.1) is 27.7 Å². The van der Waals surface area contributed by atoms with Crippen LogP contribution >= 0.6 is 46.4 Å². The van der Waals surface area contributed by atoms with E-state index in [1.165, 1.54) is 50.4 Å². The van der Waals surface area contributed by atoms with Crippen LogP contribution in [0.15, 0.2) is 41.3 Å². The molecule has 0 aliphatic rings. The number of ether oxygens (including phenoxy) is 1. The van der Waals surface area contributed by atoms with Crippen LogP contribution in [0.1, 0.15) is 6.92 Å². The van der Waals surface area contributed by atoms with Crippen LogP contribution in [0.4, 0.5) is 5.69 Å². The summed E-state index contributed by atoms with van der Waals surface area (Å²) in [4.78, 5) is 11.6. The molecule has 2 aromatic carbocycles. The van der Waals surface area contributed by atoms with Crippen molar-refractivity contribution in [3.8, 4) is 5.75 Å². The molecule has 0 saturated heterocycles. The van der Waals surface area contributed by atoms with E-state index in [4.69, 9.17) is 51.1 Å². The van der Waals surface area contributed by atoms with Crippen LogP contribution in [0.5, 0.6) is 5.75 Å². The molecule has 0 spiro atoms. The van der Waals surface area contributed by atoms with Gasteiger partial charge in [-0.3, -0.25) is 9.10 Å². The first kappa shape index (κ1) is 21.1. The third-order valence-electron chi connectivity index (χ3n) is 3.51. The van der Waals surface area contributed by atoms with Crippen molar-refractivity contribution in [1.29, 1.82) is 0 Å². The van der Waals surface area contributed by atoms with E-state index in [0.29, 0.717) is 0 Å². The molecule has 1 atom stereocenters. The number of halogens is 4. The molecule has 0 aromatic heterocycles. The van der Waals surface area contributed by atoms with Crippen molar-refractivity contribution in [2.45, 2.75) is 17.9 Å². The molecule has 0 aliphatic heterocycles. The van der Waals surface area contributed by atoms with Gasteiger partial charge in [-0.2, -0.15) is 0 Å². The SMILES string of the molecule is COc1ccc(Cl)cc1N(C(C)C(=O)Cl)S(=O)(=O)c1ccc(Cl)c(Cl)c1. The Hall–Kier alpha value is -1.18. The zero-order valence-electron chi connectivity index (χ0n) is 13.5. The van der Waals surface area contributed by atoms with E-state index in [1.807, 2.05) is 0 Å². The predicted octanol–water partition coefficient (Wildman–Crippen LogP) is 5.00. The van der Waals surface area contributed by atoms with Gasteiger partial charge in [0.25, 0.3) is 10.0 Å². The highest BCUT2D eigenvalue weighted by atomic mass is 35.5. The number of anilines is 1. The third kappa shape index (κ3) is 4.21. The second kappa shape index (κ2) is 8.23. The topological polar surface area (TPSA) is 63.7 Å². The third-order valence-corrected chi connectivity index (χ3v) is 6.68. The zero-order chi connectivity index (χ0) is 19.6. The van der Waals surface area contributed by atoms with Crippen LogP contribution in [0, 0.1) is 0 Å². The van der Waals surface area contributed by atoms with Gasteiger partial charge in [0, 0.05) is 5.02 Å². The Morgan fingerprint density at radius 1 is 1.08 bits per heavy atom. The monoisotopic (exact) mass is 455 g/mol. The van der Waals surface area contributed by atoms with E-state index in [2.05, 4.69) is 0 Å². The fourth-order valence-corrected chi connectivity index (χ4v) is 4.56. The van der Waals surface area contributed by atoms with Gasteiger partial charge in [-0.1, -0.05) is 34.8 Å². The lowest BCUT2D eigenvalue weighted by atomic mass is 10.2. The molecule has 2 aromatic rings. The van der Waals surface area contributed by atoms with Crippen molar-refractivity contribution in [3.05, 3.63) is 51.5 Å². The second-order valence-electron chi connectivity index (χ2n) is 5.17. The van der Waals surface area contributed by atoms with Gasteiger partial charge >= 0.3 is 0 Å². The number of sulfonamides is 1. The van der Waals surface area contributed by atoms with E-state index in [9.17, 15) is 13.2 Å². The molecule has 0 amide bonds. The summed E-state index contributed by atoms with van der Waals surface area (Å²) >= 11 is 23.4. The van der Waals surface area contributed by atoms with Crippen molar-refractivity contribution >= 4 is 67.4 Å². The van der Waals surface area contributed by atoms with E-state index < -0.39 is 21.3 Å². The lowest BCUT2D eigenvalue weighted by Crippen LogP contribution is -2.42. The number of benzene rings is 2. The Bertz CT molecular complexity index is 949. The quantitative estimate of drug-likeness (QED) is 0.573. The highest BCUT2D eigenvalue weighted by Gasteiger charge is 2.35. The van der Waals surface area contributed by atoms with Gasteiger partial charge in [0.15, 0.2) is 0 Å². The number of carbonyl (C=O) groups excluding carboxylic acids is 1. The fourth-order valence-electron chi connectivity index (χ4n) is 2.22. The number of rotatable bonds is 6. The first-order chi connectivity index (χ1) is 12.1. The molecule has 0 saturated carbocycles. The number of carbonyl (C=O) groups is 1. The summed E-state index contributed by atoms with van der Waals surface area (Å²) in [5.41, 5.74) is 0.0626. The van der Waals surface area contributed by atoms with Gasteiger partial charge in [-0.05, 0) is 54.9 Å². The maximum absolute atomic E-state index is 13.2. The molecule has 2 rings (SSSR count). The Morgan fingerprint density at radius 2 is 1.73 bits per heavy atom. The van der Waals surface area contributed by atoms with E-state index >= 15 is 0 Å². The molecular weight excluding hydrogens is 444 g/mol. The Labute approximate surface area is 171 Å². The Balaban J connectivity index is 2.75. The molecule has 1 unspecified atom stereocenters. The van der Waals surface area contributed by atoms with Crippen LogP contribution < -0.4 is 9.04 Å². The molecule has 0 N–H and O–H groups in total. The largest absolute Gasteiger partial charge is 0.495 e. The maximum Gasteiger partial charge on any atom is 0.265 e. The standard InChI is InChI=1S/C16H13Cl4NO4S/c1-9(16(20)22)21(14-7-10(17)3-6-15(14)25-2)26(23,24)11-4-5-12(18)13(19)8-11/h3-9H,1-2H3. The lowest BCUT2D eigenvalue weighted by molar-refractivity contribution is -0.112. The van der Waals surface area contributed by atoms with Gasteiger partial charge in [0.2, 0.25) is 5.24 Å². The molecule has 0 bridgehead atoms. The van der Waals surface area contributed by atoms with Crippen molar-refractivity contribution in [1.82, 2.24) is 0 Å². The Morgan fingerprint density at radius 3 is 2.27 bits per heavy atom. The van der Waals surface area contributed by atoms with Gasteiger partial charge in [-0.25, -0.2) is 8.42 Å². The average molecular weight is 457 g/mol. The van der Waals surface area contributed by atoms with Gasteiger partial charge in [-0.15, -0.1) is 0 Å². The maximum atomic E-state index is 13.2. The first-order valence-corrected chi connectivity index (χ1v) is 10.1. The number of hydrogen-bond donors (Lipinski definition) is 0. The van der Waals surface area contributed by atoms with Gasteiger partial charge < -0.3 is 4.74 Å². The Kier molecular flexibility index (Phi) is 6.69. The minimum absolute atomic E-state index is 0.0515. The molecular formula is C16H13Cl4NO4S. The van der Waals surface area contributed by atoms with Crippen LogP contribution in [0.2, 0.25) is 15.1 Å².